The fraction of sp³-hybridized carbons (Fsp3) is 0.545. The van der Waals surface area contributed by atoms with Crippen LogP contribution < -0.4 is 19.7 Å². The summed E-state index contributed by atoms with van der Waals surface area (Å²) in [5, 5.41) is 3.61. The first kappa shape index (κ1) is 18.5. The van der Waals surface area contributed by atoms with Gasteiger partial charge in [-0.25, -0.2) is 4.98 Å². The van der Waals surface area contributed by atoms with Crippen LogP contribution in [0.15, 0.2) is 30.5 Å². The summed E-state index contributed by atoms with van der Waals surface area (Å²) >= 11 is 0. The normalized spacial score (nSPS) is 20.1. The van der Waals surface area contributed by atoms with Gasteiger partial charge in [-0.3, -0.25) is 4.90 Å². The summed E-state index contributed by atoms with van der Waals surface area (Å²) in [4.78, 5) is 14.1. The highest BCUT2D eigenvalue weighted by Gasteiger charge is 2.21. The summed E-state index contributed by atoms with van der Waals surface area (Å²) in [5.41, 5.74) is 1.26. The van der Waals surface area contributed by atoms with Gasteiger partial charge < -0.3 is 19.7 Å². The zero-order valence-corrected chi connectivity index (χ0v) is 16.8. The molecule has 1 aliphatic carbocycles. The molecule has 5 rings (SSSR count). The molecule has 2 aromatic rings. The smallest absolute Gasteiger partial charge is 0.231 e. The van der Waals surface area contributed by atoms with Crippen molar-refractivity contribution in [1.29, 1.82) is 0 Å². The maximum Gasteiger partial charge on any atom is 0.231 e. The molecule has 1 aromatic heterocycles. The standard InChI is InChI=1S/C22H29N5O2/c1-2-4-18(5-3-1)24-21-8-9-23-22(25-21)27-12-10-26(11-13-27)15-17-6-7-19-20(14-17)29-16-28-19/h6-9,14,18H,1-5,10-13,15-16H2,(H,23,24,25). The molecule has 7 heteroatoms. The molecule has 1 aromatic carbocycles. The quantitative estimate of drug-likeness (QED) is 0.834. The lowest BCUT2D eigenvalue weighted by molar-refractivity contribution is 0.174. The summed E-state index contributed by atoms with van der Waals surface area (Å²) in [6.45, 7) is 5.13. The Morgan fingerprint density at radius 2 is 1.79 bits per heavy atom. The van der Waals surface area contributed by atoms with Crippen molar-refractivity contribution in [2.75, 3.05) is 43.2 Å². The molecule has 1 N–H and O–H groups in total. The Hall–Kier alpha value is -2.54. The molecular weight excluding hydrogens is 366 g/mol. The minimum atomic E-state index is 0.326. The molecule has 1 saturated carbocycles. The highest BCUT2D eigenvalue weighted by molar-refractivity contribution is 5.45. The number of hydrogen-bond donors (Lipinski definition) is 1. The van der Waals surface area contributed by atoms with Gasteiger partial charge in [0.25, 0.3) is 0 Å². The molecule has 154 valence electrons. The Balaban J connectivity index is 1.16. The molecule has 2 aliphatic heterocycles. The van der Waals surface area contributed by atoms with E-state index in [0.717, 1.165) is 56.0 Å². The van der Waals surface area contributed by atoms with Crippen molar-refractivity contribution in [3.63, 3.8) is 0 Å². The van der Waals surface area contributed by atoms with Gasteiger partial charge in [-0.15, -0.1) is 0 Å². The van der Waals surface area contributed by atoms with Crippen LogP contribution in [-0.4, -0.2) is 53.9 Å². The number of hydrogen-bond acceptors (Lipinski definition) is 7. The number of rotatable bonds is 5. The molecule has 2 fully saturated rings. The van der Waals surface area contributed by atoms with Crippen LogP contribution in [0.2, 0.25) is 0 Å². The SMILES string of the molecule is c1cc(NC2CCCCC2)nc(N2CCN(Cc3ccc4c(c3)OCO4)CC2)n1. The Bertz CT molecular complexity index is 832. The molecule has 0 bridgehead atoms. The third kappa shape index (κ3) is 4.40. The van der Waals surface area contributed by atoms with Crippen LogP contribution in [0.5, 0.6) is 11.5 Å². The van der Waals surface area contributed by atoms with Gasteiger partial charge in [-0.1, -0.05) is 25.3 Å². The second kappa shape index (κ2) is 8.45. The Labute approximate surface area is 172 Å². The van der Waals surface area contributed by atoms with Crippen LogP contribution in [0, 0.1) is 0 Å². The Morgan fingerprint density at radius 3 is 2.66 bits per heavy atom. The van der Waals surface area contributed by atoms with E-state index in [0.29, 0.717) is 12.8 Å². The number of aromatic nitrogens is 2. The van der Waals surface area contributed by atoms with Crippen molar-refractivity contribution in [3.05, 3.63) is 36.0 Å². The van der Waals surface area contributed by atoms with Crippen LogP contribution in [0.4, 0.5) is 11.8 Å². The van der Waals surface area contributed by atoms with Gasteiger partial charge in [0.15, 0.2) is 11.5 Å². The van der Waals surface area contributed by atoms with E-state index in [4.69, 9.17) is 14.5 Å². The number of piperazine rings is 1. The van der Waals surface area contributed by atoms with Crippen molar-refractivity contribution in [2.24, 2.45) is 0 Å². The van der Waals surface area contributed by atoms with Gasteiger partial charge in [0.1, 0.15) is 5.82 Å². The second-order valence-electron chi connectivity index (χ2n) is 8.17. The van der Waals surface area contributed by atoms with Gasteiger partial charge in [-0.05, 0) is 36.6 Å². The highest BCUT2D eigenvalue weighted by atomic mass is 16.7. The molecule has 0 unspecified atom stereocenters. The van der Waals surface area contributed by atoms with E-state index in [-0.39, 0.29) is 0 Å². The molecule has 3 aliphatic rings. The minimum absolute atomic E-state index is 0.326. The fourth-order valence-electron chi connectivity index (χ4n) is 4.44. The van der Waals surface area contributed by atoms with Gasteiger partial charge in [0.05, 0.1) is 0 Å². The maximum atomic E-state index is 5.50. The lowest BCUT2D eigenvalue weighted by atomic mass is 9.95. The average Bonchev–Trinajstić information content (AvgIpc) is 3.23. The van der Waals surface area contributed by atoms with Crippen molar-refractivity contribution in [3.8, 4) is 11.5 Å². The van der Waals surface area contributed by atoms with E-state index in [1.165, 1.54) is 37.7 Å². The third-order valence-corrected chi connectivity index (χ3v) is 6.10. The molecule has 0 spiro atoms. The van der Waals surface area contributed by atoms with Crippen LogP contribution in [-0.2, 0) is 6.54 Å². The maximum absolute atomic E-state index is 5.50. The highest BCUT2D eigenvalue weighted by Crippen LogP contribution is 2.33. The first-order valence-corrected chi connectivity index (χ1v) is 10.8. The lowest BCUT2D eigenvalue weighted by Gasteiger charge is -2.35. The van der Waals surface area contributed by atoms with Gasteiger partial charge in [0, 0.05) is 45.0 Å². The number of anilines is 2. The molecule has 7 nitrogen and oxygen atoms in total. The number of nitrogens with zero attached hydrogens (tertiary/aromatic N) is 4. The van der Waals surface area contributed by atoms with E-state index in [9.17, 15) is 0 Å². The lowest BCUT2D eigenvalue weighted by Crippen LogP contribution is -2.46. The topological polar surface area (TPSA) is 62.8 Å². The van der Waals surface area contributed by atoms with Gasteiger partial charge in [0.2, 0.25) is 12.7 Å². The van der Waals surface area contributed by atoms with Crippen molar-refractivity contribution >= 4 is 11.8 Å². The zero-order chi connectivity index (χ0) is 19.5. The summed E-state index contributed by atoms with van der Waals surface area (Å²) in [6, 6.07) is 8.78. The van der Waals surface area contributed by atoms with E-state index < -0.39 is 0 Å². The zero-order valence-electron chi connectivity index (χ0n) is 16.8. The summed E-state index contributed by atoms with van der Waals surface area (Å²) in [7, 11) is 0. The predicted octanol–water partition coefficient (Wildman–Crippen LogP) is 3.27. The molecule has 1 saturated heterocycles. The molecule has 3 heterocycles. The number of nitrogens with one attached hydrogen (secondary N) is 1. The Kier molecular flexibility index (Phi) is 5.39. The van der Waals surface area contributed by atoms with Gasteiger partial charge in [-0.2, -0.15) is 4.98 Å². The summed E-state index contributed by atoms with van der Waals surface area (Å²) in [6.07, 6.45) is 8.38. The number of fused-ring (bicyclic) bond motifs is 1. The third-order valence-electron chi connectivity index (χ3n) is 6.10. The second-order valence-corrected chi connectivity index (χ2v) is 8.17. The monoisotopic (exact) mass is 395 g/mol. The first-order chi connectivity index (χ1) is 14.3. The predicted molar refractivity (Wildman–Crippen MR) is 113 cm³/mol. The molecule has 0 atom stereocenters. The number of ether oxygens (including phenoxy) is 2. The van der Waals surface area contributed by atoms with Gasteiger partial charge >= 0.3 is 0 Å². The fourth-order valence-corrected chi connectivity index (χ4v) is 4.44. The van der Waals surface area contributed by atoms with Crippen molar-refractivity contribution < 1.29 is 9.47 Å². The molecule has 0 radical (unpaired) electrons. The van der Waals surface area contributed by atoms with Crippen LogP contribution in [0.1, 0.15) is 37.7 Å². The Morgan fingerprint density at radius 1 is 0.966 bits per heavy atom. The molecular formula is C22H29N5O2. The van der Waals surface area contributed by atoms with E-state index in [2.05, 4.69) is 32.2 Å². The largest absolute Gasteiger partial charge is 0.454 e. The molecule has 29 heavy (non-hydrogen) atoms. The van der Waals surface area contributed by atoms with Crippen LogP contribution in [0.3, 0.4) is 0 Å². The van der Waals surface area contributed by atoms with E-state index in [1.807, 2.05) is 18.3 Å². The van der Waals surface area contributed by atoms with Crippen molar-refractivity contribution in [1.82, 2.24) is 14.9 Å². The molecule has 0 amide bonds. The van der Waals surface area contributed by atoms with E-state index >= 15 is 0 Å². The summed E-state index contributed by atoms with van der Waals surface area (Å²) in [5.74, 6) is 3.51. The van der Waals surface area contributed by atoms with Crippen LogP contribution in [0.25, 0.3) is 0 Å². The van der Waals surface area contributed by atoms with Crippen molar-refractivity contribution in [2.45, 2.75) is 44.7 Å². The minimum Gasteiger partial charge on any atom is -0.454 e. The van der Waals surface area contributed by atoms with E-state index in [1.54, 1.807) is 0 Å². The first-order valence-electron chi connectivity index (χ1n) is 10.8. The average molecular weight is 396 g/mol. The summed E-state index contributed by atoms with van der Waals surface area (Å²) < 4.78 is 10.9. The van der Waals surface area contributed by atoms with Crippen LogP contribution >= 0.6 is 0 Å². The number of benzene rings is 1.